The molecule has 0 spiro atoms. The number of imidazole rings is 1. The number of aryl methyl sites for hydroxylation is 2. The predicted octanol–water partition coefficient (Wildman–Crippen LogP) is 3.21. The Balaban J connectivity index is 0.00000320. The number of hydrogen-bond donors (Lipinski definition) is 3. The summed E-state index contributed by atoms with van der Waals surface area (Å²) in [6.45, 7) is 7.00. The second-order valence-corrected chi connectivity index (χ2v) is 6.84. The Bertz CT molecular complexity index is 1010. The second kappa shape index (κ2) is 11.5. The molecule has 3 aromatic rings. The Labute approximate surface area is 194 Å². The number of aromatic nitrogens is 2. The number of carbonyl (C=O) groups is 1. The third-order valence-electron chi connectivity index (χ3n) is 4.67. The van der Waals surface area contributed by atoms with Crippen LogP contribution in [-0.4, -0.2) is 34.5 Å². The van der Waals surface area contributed by atoms with Gasteiger partial charge in [-0.3, -0.25) is 4.79 Å². The third-order valence-corrected chi connectivity index (χ3v) is 4.67. The van der Waals surface area contributed by atoms with Crippen LogP contribution in [0.15, 0.2) is 53.5 Å². The lowest BCUT2D eigenvalue weighted by Crippen LogP contribution is -2.38. The van der Waals surface area contributed by atoms with Gasteiger partial charge in [0.1, 0.15) is 5.82 Å². The highest BCUT2D eigenvalue weighted by molar-refractivity contribution is 14.0. The van der Waals surface area contributed by atoms with E-state index in [9.17, 15) is 4.79 Å². The van der Waals surface area contributed by atoms with Gasteiger partial charge in [-0.25, -0.2) is 9.98 Å². The highest BCUT2D eigenvalue weighted by Crippen LogP contribution is 2.15. The number of primary amides is 1. The maximum atomic E-state index is 11.3. The average Bonchev–Trinajstić information content (AvgIpc) is 3.04. The molecule has 0 aliphatic rings. The summed E-state index contributed by atoms with van der Waals surface area (Å²) in [6.07, 6.45) is 0.947. The van der Waals surface area contributed by atoms with Gasteiger partial charge in [-0.15, -0.1) is 24.0 Å². The van der Waals surface area contributed by atoms with Crippen molar-refractivity contribution >= 4 is 46.9 Å². The summed E-state index contributed by atoms with van der Waals surface area (Å²) in [5.74, 6) is 1.36. The number of nitrogens with one attached hydrogen (secondary N) is 2. The number of hydrogen-bond acceptors (Lipinski definition) is 3. The van der Waals surface area contributed by atoms with Crippen molar-refractivity contribution < 1.29 is 4.79 Å². The Morgan fingerprint density at radius 1 is 1.17 bits per heavy atom. The van der Waals surface area contributed by atoms with Gasteiger partial charge in [0.25, 0.3) is 0 Å². The molecule has 8 heteroatoms. The van der Waals surface area contributed by atoms with Gasteiger partial charge >= 0.3 is 0 Å². The van der Waals surface area contributed by atoms with Crippen molar-refractivity contribution in [1.82, 2.24) is 20.2 Å². The quantitative estimate of drug-likeness (QED) is 0.184. The van der Waals surface area contributed by atoms with E-state index in [0.717, 1.165) is 48.9 Å². The molecular weight excluding hydrogens is 491 g/mol. The zero-order valence-corrected chi connectivity index (χ0v) is 19.7. The molecule has 4 N–H and O–H groups in total. The molecule has 2 aromatic carbocycles. The molecule has 7 nitrogen and oxygen atoms in total. The topological polar surface area (TPSA) is 97.3 Å². The molecule has 0 unspecified atom stereocenters. The molecule has 0 atom stereocenters. The lowest BCUT2D eigenvalue weighted by atomic mass is 10.1. The zero-order chi connectivity index (χ0) is 20.6. The predicted molar refractivity (Wildman–Crippen MR) is 132 cm³/mol. The van der Waals surface area contributed by atoms with E-state index < -0.39 is 5.91 Å². The minimum atomic E-state index is -0.428. The van der Waals surface area contributed by atoms with E-state index in [2.05, 4.69) is 31.2 Å². The second-order valence-electron chi connectivity index (χ2n) is 6.84. The number of guanidine groups is 1. The number of para-hydroxylation sites is 2. The minimum Gasteiger partial charge on any atom is -0.366 e. The van der Waals surface area contributed by atoms with Crippen molar-refractivity contribution in [2.24, 2.45) is 10.7 Å². The van der Waals surface area contributed by atoms with Crippen molar-refractivity contribution in [1.29, 1.82) is 0 Å². The number of aliphatic imine (C=N–C) groups is 1. The fraction of sp³-hybridized carbons (Fsp3) is 0.318. The fourth-order valence-electron chi connectivity index (χ4n) is 3.26. The van der Waals surface area contributed by atoms with Crippen LogP contribution in [0.5, 0.6) is 0 Å². The molecule has 1 heterocycles. The van der Waals surface area contributed by atoms with E-state index in [1.807, 2.05) is 44.2 Å². The van der Waals surface area contributed by atoms with Crippen LogP contribution in [-0.2, 0) is 13.1 Å². The molecule has 1 aromatic heterocycles. The van der Waals surface area contributed by atoms with E-state index in [-0.39, 0.29) is 24.0 Å². The first-order chi connectivity index (χ1) is 14.1. The van der Waals surface area contributed by atoms with Gasteiger partial charge in [-0.2, -0.15) is 0 Å². The Kier molecular flexibility index (Phi) is 9.10. The number of rotatable bonds is 8. The molecule has 3 rings (SSSR count). The first-order valence-electron chi connectivity index (χ1n) is 9.91. The van der Waals surface area contributed by atoms with Gasteiger partial charge in [0, 0.05) is 25.2 Å². The van der Waals surface area contributed by atoms with Crippen LogP contribution in [0.25, 0.3) is 11.0 Å². The Morgan fingerprint density at radius 2 is 1.97 bits per heavy atom. The lowest BCUT2D eigenvalue weighted by Gasteiger charge is -2.12. The molecule has 0 radical (unpaired) electrons. The van der Waals surface area contributed by atoms with Gasteiger partial charge in [-0.1, -0.05) is 24.3 Å². The first kappa shape index (κ1) is 23.7. The monoisotopic (exact) mass is 520 g/mol. The summed E-state index contributed by atoms with van der Waals surface area (Å²) in [4.78, 5) is 20.5. The van der Waals surface area contributed by atoms with Crippen molar-refractivity contribution in [2.45, 2.75) is 33.4 Å². The average molecular weight is 520 g/mol. The highest BCUT2D eigenvalue weighted by Gasteiger charge is 2.06. The number of halogens is 1. The molecule has 0 fully saturated rings. The van der Waals surface area contributed by atoms with Gasteiger partial charge in [0.15, 0.2) is 5.96 Å². The lowest BCUT2D eigenvalue weighted by molar-refractivity contribution is 0.1000. The molecule has 0 aliphatic carbocycles. The van der Waals surface area contributed by atoms with Crippen molar-refractivity contribution in [2.75, 3.05) is 13.1 Å². The van der Waals surface area contributed by atoms with E-state index in [0.29, 0.717) is 12.1 Å². The molecular formula is C22H29IN6O. The molecule has 0 saturated carbocycles. The number of nitrogens with zero attached hydrogens (tertiary/aromatic N) is 3. The van der Waals surface area contributed by atoms with Gasteiger partial charge < -0.3 is 20.9 Å². The molecule has 1 amide bonds. The Morgan fingerprint density at radius 3 is 2.73 bits per heavy atom. The zero-order valence-electron chi connectivity index (χ0n) is 17.4. The van der Waals surface area contributed by atoms with Crippen LogP contribution >= 0.6 is 24.0 Å². The van der Waals surface area contributed by atoms with E-state index in [1.54, 1.807) is 12.1 Å². The van der Waals surface area contributed by atoms with Gasteiger partial charge in [0.2, 0.25) is 5.91 Å². The number of carbonyl (C=O) groups excluding carboxylic acids is 1. The molecule has 0 bridgehead atoms. The van der Waals surface area contributed by atoms with Gasteiger partial charge in [-0.05, 0) is 50.1 Å². The summed E-state index contributed by atoms with van der Waals surface area (Å²) in [6, 6.07) is 15.5. The maximum absolute atomic E-state index is 11.3. The fourth-order valence-corrected chi connectivity index (χ4v) is 3.26. The summed E-state index contributed by atoms with van der Waals surface area (Å²) in [7, 11) is 0. The smallest absolute Gasteiger partial charge is 0.248 e. The van der Waals surface area contributed by atoms with Crippen LogP contribution in [0, 0.1) is 6.92 Å². The molecule has 160 valence electrons. The minimum absolute atomic E-state index is 0. The third kappa shape index (κ3) is 6.19. The van der Waals surface area contributed by atoms with Crippen LogP contribution < -0.4 is 16.4 Å². The summed E-state index contributed by atoms with van der Waals surface area (Å²) >= 11 is 0. The van der Waals surface area contributed by atoms with Gasteiger partial charge in [0.05, 0.1) is 17.6 Å². The van der Waals surface area contributed by atoms with Crippen molar-refractivity contribution in [3.05, 3.63) is 65.5 Å². The van der Waals surface area contributed by atoms with Crippen LogP contribution in [0.4, 0.5) is 0 Å². The first-order valence-corrected chi connectivity index (χ1v) is 9.91. The summed E-state index contributed by atoms with van der Waals surface area (Å²) < 4.78 is 2.25. The summed E-state index contributed by atoms with van der Waals surface area (Å²) in [5, 5.41) is 6.62. The summed E-state index contributed by atoms with van der Waals surface area (Å²) in [5.41, 5.74) is 8.99. The molecule has 30 heavy (non-hydrogen) atoms. The highest BCUT2D eigenvalue weighted by atomic mass is 127. The Hall–Kier alpha value is -2.62. The number of benzene rings is 2. The number of nitrogens with two attached hydrogens (primary N) is 1. The SMILES string of the molecule is CCNC(=NCc1cccc(C(N)=O)c1)NCCCn1c(C)nc2ccccc21.I. The number of amides is 1. The number of fused-ring (bicyclic) bond motifs is 1. The molecule has 0 saturated heterocycles. The van der Waals surface area contributed by atoms with Crippen LogP contribution in [0.1, 0.15) is 35.1 Å². The van der Waals surface area contributed by atoms with Crippen LogP contribution in [0.2, 0.25) is 0 Å². The van der Waals surface area contributed by atoms with E-state index in [4.69, 9.17) is 5.73 Å². The largest absolute Gasteiger partial charge is 0.366 e. The normalized spacial score (nSPS) is 11.2. The maximum Gasteiger partial charge on any atom is 0.248 e. The molecule has 0 aliphatic heterocycles. The van der Waals surface area contributed by atoms with E-state index in [1.165, 1.54) is 5.52 Å². The van der Waals surface area contributed by atoms with Crippen LogP contribution in [0.3, 0.4) is 0 Å². The van der Waals surface area contributed by atoms with Crippen molar-refractivity contribution in [3.63, 3.8) is 0 Å². The van der Waals surface area contributed by atoms with Crippen molar-refractivity contribution in [3.8, 4) is 0 Å². The standard InChI is InChI=1S/C22H28N6O.HI/c1-3-24-22(26-15-17-8-6-9-18(14-17)21(23)29)25-12-7-13-28-16(2)27-19-10-4-5-11-20(19)28;/h4-6,8-11,14H,3,7,12-13,15H2,1-2H3,(H2,23,29)(H2,24,25,26);1H. The van der Waals surface area contributed by atoms with E-state index >= 15 is 0 Å².